The molecule has 0 spiro atoms. The van der Waals surface area contributed by atoms with Crippen LogP contribution in [0.2, 0.25) is 0 Å². The van der Waals surface area contributed by atoms with Gasteiger partial charge in [0.2, 0.25) is 0 Å². The number of benzene rings is 2. The van der Waals surface area contributed by atoms with Gasteiger partial charge in [0.1, 0.15) is 24.3 Å². The number of fused-ring (bicyclic) bond motifs is 1. The number of nitrogens with zero attached hydrogens (tertiary/aromatic N) is 4. The number of para-hydroxylation sites is 2. The molecule has 202 valence electrons. The summed E-state index contributed by atoms with van der Waals surface area (Å²) in [6, 6.07) is 13.6. The third-order valence-electron chi connectivity index (χ3n) is 6.30. The Balaban J connectivity index is 1.09. The maximum Gasteiger partial charge on any atom is 0.573 e. The Labute approximate surface area is 215 Å². The topological polar surface area (TPSA) is 101 Å². The maximum absolute atomic E-state index is 12.3. The molecule has 3 heterocycles. The number of aromatic nitrogens is 2. The number of hydrogen-bond acceptors (Lipinski definition) is 8. The van der Waals surface area contributed by atoms with Crippen LogP contribution in [0.5, 0.6) is 17.5 Å². The van der Waals surface area contributed by atoms with Crippen molar-refractivity contribution in [1.29, 1.82) is 0 Å². The number of anilines is 1. The molecular weight excluding hydrogens is 509 g/mol. The van der Waals surface area contributed by atoms with Crippen LogP contribution in [0, 0.1) is 10.1 Å². The lowest BCUT2D eigenvalue weighted by Crippen LogP contribution is -2.37. The molecule has 5 rings (SSSR count). The van der Waals surface area contributed by atoms with Crippen LogP contribution in [0.25, 0.3) is 0 Å². The molecule has 3 aromatic rings. The summed E-state index contributed by atoms with van der Waals surface area (Å²) < 4.78 is 60.2. The number of piperidine rings is 1. The molecule has 1 saturated heterocycles. The van der Waals surface area contributed by atoms with Gasteiger partial charge in [-0.15, -0.1) is 13.2 Å². The normalized spacial score (nSPS) is 17.7. The highest BCUT2D eigenvalue weighted by Crippen LogP contribution is 2.32. The van der Waals surface area contributed by atoms with Crippen molar-refractivity contribution in [3.8, 4) is 17.5 Å². The van der Waals surface area contributed by atoms with E-state index in [-0.39, 0.29) is 36.4 Å². The lowest BCUT2D eigenvalue weighted by molar-refractivity contribution is -0.389. The van der Waals surface area contributed by atoms with E-state index < -0.39 is 11.3 Å². The summed E-state index contributed by atoms with van der Waals surface area (Å²) in [5.74, 6) is 0.211. The van der Waals surface area contributed by atoms with E-state index in [0.717, 1.165) is 37.2 Å². The van der Waals surface area contributed by atoms with E-state index in [2.05, 4.69) is 14.6 Å². The molecule has 2 aliphatic heterocycles. The summed E-state index contributed by atoms with van der Waals surface area (Å²) in [5, 5.41) is 10.9. The third kappa shape index (κ3) is 6.28. The van der Waals surface area contributed by atoms with Crippen LogP contribution in [-0.4, -0.2) is 52.7 Å². The lowest BCUT2D eigenvalue weighted by Gasteiger charge is -2.34. The van der Waals surface area contributed by atoms with Crippen LogP contribution in [0.15, 0.2) is 54.7 Å². The van der Waals surface area contributed by atoms with E-state index in [1.807, 2.05) is 24.3 Å². The molecule has 10 nitrogen and oxygen atoms in total. The third-order valence-corrected chi connectivity index (χ3v) is 6.30. The Morgan fingerprint density at radius 1 is 1.11 bits per heavy atom. The van der Waals surface area contributed by atoms with Gasteiger partial charge in [-0.1, -0.05) is 24.3 Å². The average molecular weight is 534 g/mol. The van der Waals surface area contributed by atoms with Gasteiger partial charge < -0.3 is 34.0 Å². The molecule has 13 heteroatoms. The van der Waals surface area contributed by atoms with Crippen LogP contribution in [-0.2, 0) is 17.9 Å². The maximum atomic E-state index is 12.3. The van der Waals surface area contributed by atoms with Crippen molar-refractivity contribution in [2.75, 3.05) is 24.6 Å². The standard InChI is InChI=1S/C25H25F3N4O6/c26-25(27,28)38-19-7-5-17(6-8-19)15-35-18-9-11-30(12-10-18)21-3-1-2-4-22(21)36-16-20-13-31-14-23(32(33)34)29-24(31)37-20/h1-8,14,18,20H,9-13,15-16H2. The van der Waals surface area contributed by atoms with Crippen molar-refractivity contribution in [1.82, 2.24) is 9.55 Å². The number of halogens is 3. The van der Waals surface area contributed by atoms with Gasteiger partial charge in [0.05, 0.1) is 24.9 Å². The molecule has 0 N–H and O–H groups in total. The second kappa shape index (κ2) is 10.8. The molecule has 38 heavy (non-hydrogen) atoms. The van der Waals surface area contributed by atoms with Crippen LogP contribution in [0.1, 0.15) is 18.4 Å². The van der Waals surface area contributed by atoms with Crippen molar-refractivity contribution in [2.24, 2.45) is 0 Å². The van der Waals surface area contributed by atoms with Gasteiger partial charge in [0, 0.05) is 18.1 Å². The minimum Gasteiger partial charge on any atom is -0.487 e. The average Bonchev–Trinajstić information content (AvgIpc) is 3.46. The quantitative estimate of drug-likeness (QED) is 0.287. The molecule has 0 aliphatic carbocycles. The molecular formula is C25H25F3N4O6. The fraction of sp³-hybridized carbons (Fsp3) is 0.400. The first-order valence-corrected chi connectivity index (χ1v) is 12.0. The Bertz CT molecular complexity index is 1240. The monoisotopic (exact) mass is 534 g/mol. The van der Waals surface area contributed by atoms with Gasteiger partial charge in [0.15, 0.2) is 6.10 Å². The summed E-state index contributed by atoms with van der Waals surface area (Å²) in [4.78, 5) is 16.4. The smallest absolute Gasteiger partial charge is 0.487 e. The summed E-state index contributed by atoms with van der Waals surface area (Å²) >= 11 is 0. The molecule has 0 radical (unpaired) electrons. The zero-order valence-electron chi connectivity index (χ0n) is 20.2. The number of ether oxygens (including phenoxy) is 4. The summed E-state index contributed by atoms with van der Waals surface area (Å²) in [6.45, 7) is 2.49. The van der Waals surface area contributed by atoms with E-state index in [9.17, 15) is 23.3 Å². The predicted molar refractivity (Wildman–Crippen MR) is 128 cm³/mol. The first-order valence-electron chi connectivity index (χ1n) is 12.0. The number of nitro groups is 1. The SMILES string of the molecule is O=[N+]([O-])c1cn2c(n1)OC(COc1ccccc1N1CCC(OCc3ccc(OC(F)(F)F)cc3)CC1)C2. The van der Waals surface area contributed by atoms with Crippen molar-refractivity contribution in [2.45, 2.75) is 44.6 Å². The molecule has 1 aromatic heterocycles. The zero-order chi connectivity index (χ0) is 26.7. The number of alkyl halides is 3. The van der Waals surface area contributed by atoms with E-state index in [1.54, 1.807) is 16.7 Å². The number of imidazole rings is 1. The first-order chi connectivity index (χ1) is 18.2. The van der Waals surface area contributed by atoms with Crippen molar-refractivity contribution in [3.05, 3.63) is 70.4 Å². The Morgan fingerprint density at radius 2 is 1.84 bits per heavy atom. The molecule has 0 amide bonds. The number of hydrogen-bond donors (Lipinski definition) is 0. The molecule has 1 atom stereocenters. The van der Waals surface area contributed by atoms with E-state index in [1.165, 1.54) is 18.3 Å². The van der Waals surface area contributed by atoms with Crippen molar-refractivity contribution < 1.29 is 37.0 Å². The van der Waals surface area contributed by atoms with Gasteiger partial charge >= 0.3 is 18.2 Å². The fourth-order valence-electron chi connectivity index (χ4n) is 4.48. The molecule has 2 aromatic carbocycles. The highest BCUT2D eigenvalue weighted by atomic mass is 19.4. The first kappa shape index (κ1) is 25.6. The minimum atomic E-state index is -4.71. The van der Waals surface area contributed by atoms with Gasteiger partial charge in [-0.3, -0.25) is 4.57 Å². The molecule has 2 aliphatic rings. The summed E-state index contributed by atoms with van der Waals surface area (Å²) in [6.07, 6.45) is -2.06. The van der Waals surface area contributed by atoms with Crippen LogP contribution >= 0.6 is 0 Å². The van der Waals surface area contributed by atoms with Gasteiger partial charge in [-0.2, -0.15) is 0 Å². The molecule has 0 saturated carbocycles. The van der Waals surface area contributed by atoms with E-state index in [0.29, 0.717) is 18.9 Å². The Morgan fingerprint density at radius 3 is 2.53 bits per heavy atom. The highest BCUT2D eigenvalue weighted by molar-refractivity contribution is 5.58. The fourth-order valence-corrected chi connectivity index (χ4v) is 4.48. The van der Waals surface area contributed by atoms with Crippen LogP contribution in [0.4, 0.5) is 24.7 Å². The second-order valence-electron chi connectivity index (χ2n) is 9.00. The van der Waals surface area contributed by atoms with E-state index >= 15 is 0 Å². The Hall–Kier alpha value is -4.00. The summed E-state index contributed by atoms with van der Waals surface area (Å²) in [5.41, 5.74) is 1.73. The molecule has 0 bridgehead atoms. The number of rotatable bonds is 9. The van der Waals surface area contributed by atoms with Crippen molar-refractivity contribution >= 4 is 11.5 Å². The van der Waals surface area contributed by atoms with Crippen LogP contribution in [0.3, 0.4) is 0 Å². The largest absolute Gasteiger partial charge is 0.573 e. The van der Waals surface area contributed by atoms with E-state index in [4.69, 9.17) is 14.2 Å². The second-order valence-corrected chi connectivity index (χ2v) is 9.00. The van der Waals surface area contributed by atoms with Gasteiger partial charge in [0.25, 0.3) is 0 Å². The molecule has 1 unspecified atom stereocenters. The van der Waals surface area contributed by atoms with Crippen molar-refractivity contribution in [3.63, 3.8) is 0 Å². The predicted octanol–water partition coefficient (Wildman–Crippen LogP) is 4.72. The minimum absolute atomic E-state index is 0.0312. The highest BCUT2D eigenvalue weighted by Gasteiger charge is 2.32. The zero-order valence-corrected chi connectivity index (χ0v) is 20.2. The Kier molecular flexibility index (Phi) is 7.27. The van der Waals surface area contributed by atoms with Crippen LogP contribution < -0.4 is 19.1 Å². The van der Waals surface area contributed by atoms with Gasteiger partial charge in [-0.25, -0.2) is 0 Å². The molecule has 1 fully saturated rings. The van der Waals surface area contributed by atoms with Gasteiger partial charge in [-0.05, 0) is 47.6 Å². The summed E-state index contributed by atoms with van der Waals surface area (Å²) in [7, 11) is 0. The lowest BCUT2D eigenvalue weighted by atomic mass is 10.1.